The number of nitrogens with zero attached hydrogens (tertiary/aromatic N) is 2. The molecule has 0 unspecified atom stereocenters. The zero-order chi connectivity index (χ0) is 9.97. The van der Waals surface area contributed by atoms with Crippen molar-refractivity contribution in [1.29, 1.82) is 5.26 Å². The Morgan fingerprint density at radius 1 is 1.29 bits per heavy atom. The SMILES string of the molecule is N#Cc1ccc(-c2cc(N)n[nH]2)cc1. The van der Waals surface area contributed by atoms with Crippen LogP contribution in [0.2, 0.25) is 0 Å². The number of hydrogen-bond acceptors (Lipinski definition) is 3. The minimum atomic E-state index is 0.462. The maximum absolute atomic E-state index is 8.61. The van der Waals surface area contributed by atoms with Crippen molar-refractivity contribution in [2.75, 3.05) is 5.73 Å². The minimum Gasteiger partial charge on any atom is -0.382 e. The molecule has 0 aliphatic carbocycles. The lowest BCUT2D eigenvalue weighted by molar-refractivity contribution is 1.10. The van der Waals surface area contributed by atoms with Gasteiger partial charge in [0.2, 0.25) is 0 Å². The summed E-state index contributed by atoms with van der Waals surface area (Å²) in [5.41, 5.74) is 7.94. The van der Waals surface area contributed by atoms with E-state index in [1.165, 1.54) is 0 Å². The Hall–Kier alpha value is -2.28. The number of nitrogens with one attached hydrogen (secondary N) is 1. The van der Waals surface area contributed by atoms with Crippen LogP contribution in [0.5, 0.6) is 0 Å². The molecule has 0 atom stereocenters. The number of hydrogen-bond donors (Lipinski definition) is 2. The first-order chi connectivity index (χ1) is 6.79. The summed E-state index contributed by atoms with van der Waals surface area (Å²) in [6.07, 6.45) is 0. The van der Waals surface area contributed by atoms with Gasteiger partial charge in [0.25, 0.3) is 0 Å². The number of aromatic amines is 1. The molecule has 0 spiro atoms. The summed E-state index contributed by atoms with van der Waals surface area (Å²) in [4.78, 5) is 0. The van der Waals surface area contributed by atoms with Crippen molar-refractivity contribution in [3.8, 4) is 17.3 Å². The van der Waals surface area contributed by atoms with Crippen LogP contribution in [0.4, 0.5) is 5.82 Å². The van der Waals surface area contributed by atoms with Gasteiger partial charge in [-0.15, -0.1) is 0 Å². The van der Waals surface area contributed by atoms with Gasteiger partial charge in [-0.2, -0.15) is 10.4 Å². The lowest BCUT2D eigenvalue weighted by Crippen LogP contribution is -1.81. The van der Waals surface area contributed by atoms with Crippen molar-refractivity contribution in [3.63, 3.8) is 0 Å². The number of rotatable bonds is 1. The van der Waals surface area contributed by atoms with E-state index in [0.29, 0.717) is 11.4 Å². The topological polar surface area (TPSA) is 78.5 Å². The van der Waals surface area contributed by atoms with Gasteiger partial charge in [0.05, 0.1) is 17.3 Å². The van der Waals surface area contributed by atoms with Gasteiger partial charge in [-0.05, 0) is 17.7 Å². The van der Waals surface area contributed by atoms with E-state index in [0.717, 1.165) is 11.3 Å². The van der Waals surface area contributed by atoms with Crippen LogP contribution in [0.3, 0.4) is 0 Å². The quantitative estimate of drug-likeness (QED) is 0.705. The average Bonchev–Trinajstić information content (AvgIpc) is 2.65. The monoisotopic (exact) mass is 184 g/mol. The fourth-order valence-electron chi connectivity index (χ4n) is 1.21. The summed E-state index contributed by atoms with van der Waals surface area (Å²) < 4.78 is 0. The average molecular weight is 184 g/mol. The Labute approximate surface area is 81.0 Å². The Kier molecular flexibility index (Phi) is 1.92. The lowest BCUT2D eigenvalue weighted by atomic mass is 10.1. The number of nitriles is 1. The van der Waals surface area contributed by atoms with Crippen LogP contribution in [0.1, 0.15) is 5.56 Å². The van der Waals surface area contributed by atoms with Gasteiger partial charge in [0.1, 0.15) is 5.82 Å². The van der Waals surface area contributed by atoms with Crippen LogP contribution in [0.25, 0.3) is 11.3 Å². The molecule has 0 radical (unpaired) electrons. The Morgan fingerprint density at radius 3 is 2.50 bits per heavy atom. The Morgan fingerprint density at radius 2 is 2.00 bits per heavy atom. The molecule has 0 aliphatic rings. The fraction of sp³-hybridized carbons (Fsp3) is 0. The number of nitrogens with two attached hydrogens (primary N) is 1. The normalized spacial score (nSPS) is 9.64. The molecule has 0 fully saturated rings. The lowest BCUT2D eigenvalue weighted by Gasteiger charge is -1.95. The minimum absolute atomic E-state index is 0.462. The van der Waals surface area contributed by atoms with E-state index < -0.39 is 0 Å². The summed E-state index contributed by atoms with van der Waals surface area (Å²) in [5.74, 6) is 0.462. The summed E-state index contributed by atoms with van der Waals surface area (Å²) >= 11 is 0. The van der Waals surface area contributed by atoms with Crippen LogP contribution in [-0.2, 0) is 0 Å². The van der Waals surface area contributed by atoms with Gasteiger partial charge in [-0.25, -0.2) is 0 Å². The molecule has 0 saturated heterocycles. The highest BCUT2D eigenvalue weighted by Gasteiger charge is 2.00. The van der Waals surface area contributed by atoms with E-state index in [4.69, 9.17) is 11.0 Å². The standard InChI is InChI=1S/C10H8N4/c11-6-7-1-3-8(4-2-7)9-5-10(12)14-13-9/h1-5H,(H3,12,13,14). The second-order valence-corrected chi connectivity index (χ2v) is 2.90. The predicted molar refractivity (Wildman–Crippen MR) is 53.2 cm³/mol. The third-order valence-electron chi connectivity index (χ3n) is 1.92. The highest BCUT2D eigenvalue weighted by atomic mass is 15.2. The second-order valence-electron chi connectivity index (χ2n) is 2.90. The van der Waals surface area contributed by atoms with Crippen LogP contribution >= 0.6 is 0 Å². The van der Waals surface area contributed by atoms with E-state index in [1.807, 2.05) is 12.1 Å². The molecular formula is C10H8N4. The first-order valence-electron chi connectivity index (χ1n) is 4.11. The molecule has 1 aromatic carbocycles. The molecule has 1 heterocycles. The highest BCUT2D eigenvalue weighted by Crippen LogP contribution is 2.18. The molecular weight excluding hydrogens is 176 g/mol. The number of anilines is 1. The summed E-state index contributed by atoms with van der Waals surface area (Å²) in [6.45, 7) is 0. The molecule has 1 aromatic heterocycles. The molecule has 0 saturated carbocycles. The van der Waals surface area contributed by atoms with Crippen molar-refractivity contribution in [3.05, 3.63) is 35.9 Å². The molecule has 0 aliphatic heterocycles. The molecule has 0 amide bonds. The molecule has 3 N–H and O–H groups in total. The Bertz CT molecular complexity index is 476. The van der Waals surface area contributed by atoms with Crippen LogP contribution in [0, 0.1) is 11.3 Å². The fourth-order valence-corrected chi connectivity index (χ4v) is 1.21. The molecule has 68 valence electrons. The van der Waals surface area contributed by atoms with Gasteiger partial charge in [-0.1, -0.05) is 12.1 Å². The predicted octanol–water partition coefficient (Wildman–Crippen LogP) is 1.53. The van der Waals surface area contributed by atoms with E-state index in [2.05, 4.69) is 16.3 Å². The third-order valence-corrected chi connectivity index (χ3v) is 1.92. The molecule has 14 heavy (non-hydrogen) atoms. The molecule has 4 nitrogen and oxygen atoms in total. The maximum Gasteiger partial charge on any atom is 0.145 e. The first kappa shape index (κ1) is 8.32. The zero-order valence-electron chi connectivity index (χ0n) is 7.36. The number of benzene rings is 1. The summed E-state index contributed by atoms with van der Waals surface area (Å²) in [5, 5.41) is 15.2. The van der Waals surface area contributed by atoms with E-state index in [9.17, 15) is 0 Å². The van der Waals surface area contributed by atoms with Gasteiger partial charge < -0.3 is 5.73 Å². The van der Waals surface area contributed by atoms with E-state index in [-0.39, 0.29) is 0 Å². The molecule has 2 rings (SSSR count). The van der Waals surface area contributed by atoms with Gasteiger partial charge >= 0.3 is 0 Å². The number of nitrogen functional groups attached to an aromatic ring is 1. The number of aromatic nitrogens is 2. The van der Waals surface area contributed by atoms with Gasteiger partial charge in [-0.3, -0.25) is 5.10 Å². The van der Waals surface area contributed by atoms with Crippen LogP contribution < -0.4 is 5.73 Å². The Balaban J connectivity index is 2.39. The third kappa shape index (κ3) is 1.43. The van der Waals surface area contributed by atoms with Crippen molar-refractivity contribution < 1.29 is 0 Å². The smallest absolute Gasteiger partial charge is 0.145 e. The largest absolute Gasteiger partial charge is 0.382 e. The van der Waals surface area contributed by atoms with Gasteiger partial charge in [0, 0.05) is 6.07 Å². The highest BCUT2D eigenvalue weighted by molar-refractivity contribution is 5.62. The van der Waals surface area contributed by atoms with Gasteiger partial charge in [0.15, 0.2) is 0 Å². The summed E-state index contributed by atoms with van der Waals surface area (Å²) in [7, 11) is 0. The molecule has 0 bridgehead atoms. The first-order valence-corrected chi connectivity index (χ1v) is 4.11. The summed E-state index contributed by atoms with van der Waals surface area (Å²) in [6, 6.07) is 11.0. The van der Waals surface area contributed by atoms with E-state index >= 15 is 0 Å². The molecule has 4 heteroatoms. The van der Waals surface area contributed by atoms with E-state index in [1.54, 1.807) is 18.2 Å². The van der Waals surface area contributed by atoms with Crippen molar-refractivity contribution in [2.45, 2.75) is 0 Å². The van der Waals surface area contributed by atoms with Crippen molar-refractivity contribution in [1.82, 2.24) is 10.2 Å². The second kappa shape index (κ2) is 3.23. The maximum atomic E-state index is 8.61. The zero-order valence-corrected chi connectivity index (χ0v) is 7.36. The van der Waals surface area contributed by atoms with Crippen molar-refractivity contribution >= 4 is 5.82 Å². The van der Waals surface area contributed by atoms with Crippen LogP contribution in [0.15, 0.2) is 30.3 Å². The van der Waals surface area contributed by atoms with Crippen LogP contribution in [-0.4, -0.2) is 10.2 Å². The number of H-pyrrole nitrogens is 1. The molecule has 2 aromatic rings. The van der Waals surface area contributed by atoms with Crippen molar-refractivity contribution in [2.24, 2.45) is 0 Å².